The number of carbonyl (C=O) groups excluding carboxylic acids is 1. The van der Waals surface area contributed by atoms with E-state index in [4.69, 9.17) is 0 Å². The molecule has 1 unspecified atom stereocenters. The van der Waals surface area contributed by atoms with Crippen LogP contribution in [0, 0.1) is 13.8 Å². The summed E-state index contributed by atoms with van der Waals surface area (Å²) in [6.07, 6.45) is 0. The Bertz CT molecular complexity index is 649. The molecule has 0 aliphatic rings. The molecule has 0 aliphatic carbocycles. The standard InChI is InChI=1S/C18H22N2O/c1-12-8-9-18(10-13(12)2)19-14(3)16-6-5-7-17(11-16)20-15(4)21/h5-11,14,19H,1-4H3,(H,20,21). The second kappa shape index (κ2) is 6.44. The molecule has 0 saturated heterocycles. The first kappa shape index (κ1) is 15.1. The molecule has 0 heterocycles. The number of anilines is 2. The number of hydrogen-bond donors (Lipinski definition) is 2. The smallest absolute Gasteiger partial charge is 0.221 e. The molecular formula is C18H22N2O. The highest BCUT2D eigenvalue weighted by Crippen LogP contribution is 2.23. The van der Waals surface area contributed by atoms with E-state index in [1.165, 1.54) is 18.1 Å². The zero-order valence-corrected chi connectivity index (χ0v) is 13.0. The number of carbonyl (C=O) groups is 1. The van der Waals surface area contributed by atoms with Gasteiger partial charge in [0.05, 0.1) is 0 Å². The number of rotatable bonds is 4. The lowest BCUT2D eigenvalue weighted by molar-refractivity contribution is -0.114. The summed E-state index contributed by atoms with van der Waals surface area (Å²) in [5.41, 5.74) is 5.64. The maximum absolute atomic E-state index is 11.1. The Labute approximate surface area is 126 Å². The Hall–Kier alpha value is -2.29. The zero-order valence-electron chi connectivity index (χ0n) is 13.0. The quantitative estimate of drug-likeness (QED) is 0.870. The lowest BCUT2D eigenvalue weighted by atomic mass is 10.1. The molecule has 2 aromatic carbocycles. The van der Waals surface area contributed by atoms with E-state index in [0.29, 0.717) is 0 Å². The molecule has 2 N–H and O–H groups in total. The van der Waals surface area contributed by atoms with Gasteiger partial charge in [0.15, 0.2) is 0 Å². The first-order chi connectivity index (χ1) is 9.95. The van der Waals surface area contributed by atoms with Crippen LogP contribution in [0.5, 0.6) is 0 Å². The van der Waals surface area contributed by atoms with Gasteiger partial charge < -0.3 is 10.6 Å². The van der Waals surface area contributed by atoms with Crippen molar-refractivity contribution in [1.82, 2.24) is 0 Å². The number of benzene rings is 2. The number of amides is 1. The summed E-state index contributed by atoms with van der Waals surface area (Å²) in [5, 5.41) is 6.31. The molecule has 0 fully saturated rings. The van der Waals surface area contributed by atoms with E-state index in [1.807, 2.05) is 18.2 Å². The summed E-state index contributed by atoms with van der Waals surface area (Å²) in [6.45, 7) is 7.85. The van der Waals surface area contributed by atoms with E-state index in [2.05, 4.69) is 55.7 Å². The van der Waals surface area contributed by atoms with Gasteiger partial charge in [0, 0.05) is 24.3 Å². The fourth-order valence-corrected chi connectivity index (χ4v) is 2.25. The molecule has 2 aromatic rings. The number of aryl methyl sites for hydroxylation is 2. The highest BCUT2D eigenvalue weighted by Gasteiger charge is 2.07. The van der Waals surface area contributed by atoms with Crippen molar-refractivity contribution in [3.63, 3.8) is 0 Å². The van der Waals surface area contributed by atoms with Gasteiger partial charge in [0.25, 0.3) is 0 Å². The average molecular weight is 282 g/mol. The first-order valence-electron chi connectivity index (χ1n) is 7.17. The third kappa shape index (κ3) is 4.09. The minimum atomic E-state index is -0.0538. The monoisotopic (exact) mass is 282 g/mol. The van der Waals surface area contributed by atoms with Crippen LogP contribution < -0.4 is 10.6 Å². The SMILES string of the molecule is CC(=O)Nc1cccc(C(C)Nc2ccc(C)c(C)c2)c1. The van der Waals surface area contributed by atoms with E-state index >= 15 is 0 Å². The topological polar surface area (TPSA) is 41.1 Å². The Balaban J connectivity index is 2.14. The molecular weight excluding hydrogens is 260 g/mol. The molecule has 0 saturated carbocycles. The normalized spacial score (nSPS) is 11.8. The summed E-state index contributed by atoms with van der Waals surface area (Å²) in [4.78, 5) is 11.1. The van der Waals surface area contributed by atoms with Crippen molar-refractivity contribution in [3.8, 4) is 0 Å². The van der Waals surface area contributed by atoms with Crippen molar-refractivity contribution < 1.29 is 4.79 Å². The van der Waals surface area contributed by atoms with Crippen LogP contribution in [-0.4, -0.2) is 5.91 Å². The van der Waals surface area contributed by atoms with Crippen LogP contribution in [0.2, 0.25) is 0 Å². The van der Waals surface area contributed by atoms with E-state index in [0.717, 1.165) is 16.9 Å². The Kier molecular flexibility index (Phi) is 4.63. The molecule has 0 radical (unpaired) electrons. The fourth-order valence-electron chi connectivity index (χ4n) is 2.25. The van der Waals surface area contributed by atoms with Crippen LogP contribution in [0.3, 0.4) is 0 Å². The van der Waals surface area contributed by atoms with E-state index in [-0.39, 0.29) is 11.9 Å². The fraction of sp³-hybridized carbons (Fsp3) is 0.278. The second-order valence-corrected chi connectivity index (χ2v) is 5.47. The van der Waals surface area contributed by atoms with Crippen molar-refractivity contribution in [2.45, 2.75) is 33.7 Å². The van der Waals surface area contributed by atoms with Gasteiger partial charge in [-0.3, -0.25) is 4.79 Å². The Morgan fingerprint density at radius 3 is 2.43 bits per heavy atom. The molecule has 21 heavy (non-hydrogen) atoms. The molecule has 0 aromatic heterocycles. The van der Waals surface area contributed by atoms with Crippen LogP contribution in [0.15, 0.2) is 42.5 Å². The summed E-state index contributed by atoms with van der Waals surface area (Å²) in [6, 6.07) is 14.5. The largest absolute Gasteiger partial charge is 0.379 e. The summed E-state index contributed by atoms with van der Waals surface area (Å²) in [5.74, 6) is -0.0538. The number of hydrogen-bond acceptors (Lipinski definition) is 2. The predicted octanol–water partition coefficient (Wildman–Crippen LogP) is 4.43. The van der Waals surface area contributed by atoms with Crippen LogP contribution in [0.1, 0.15) is 36.6 Å². The van der Waals surface area contributed by atoms with Crippen molar-refractivity contribution >= 4 is 17.3 Å². The zero-order chi connectivity index (χ0) is 15.4. The Morgan fingerprint density at radius 2 is 1.76 bits per heavy atom. The third-order valence-electron chi connectivity index (χ3n) is 3.60. The highest BCUT2D eigenvalue weighted by atomic mass is 16.1. The minimum absolute atomic E-state index is 0.0538. The van der Waals surface area contributed by atoms with Gasteiger partial charge in [-0.1, -0.05) is 18.2 Å². The maximum Gasteiger partial charge on any atom is 0.221 e. The van der Waals surface area contributed by atoms with Crippen molar-refractivity contribution in [3.05, 3.63) is 59.2 Å². The minimum Gasteiger partial charge on any atom is -0.379 e. The molecule has 3 heteroatoms. The first-order valence-corrected chi connectivity index (χ1v) is 7.17. The molecule has 1 amide bonds. The molecule has 0 aliphatic heterocycles. The lowest BCUT2D eigenvalue weighted by Crippen LogP contribution is -2.09. The molecule has 3 nitrogen and oxygen atoms in total. The van der Waals surface area contributed by atoms with E-state index < -0.39 is 0 Å². The molecule has 1 atom stereocenters. The van der Waals surface area contributed by atoms with Crippen molar-refractivity contribution in [1.29, 1.82) is 0 Å². The predicted molar refractivity (Wildman–Crippen MR) is 88.7 cm³/mol. The summed E-state index contributed by atoms with van der Waals surface area (Å²) in [7, 11) is 0. The van der Waals surface area contributed by atoms with Gasteiger partial charge in [-0.25, -0.2) is 0 Å². The van der Waals surface area contributed by atoms with E-state index in [9.17, 15) is 4.79 Å². The Morgan fingerprint density at radius 1 is 1.00 bits per heavy atom. The summed E-state index contributed by atoms with van der Waals surface area (Å²) >= 11 is 0. The van der Waals surface area contributed by atoms with Crippen LogP contribution in [-0.2, 0) is 4.79 Å². The summed E-state index contributed by atoms with van der Waals surface area (Å²) < 4.78 is 0. The molecule has 2 rings (SSSR count). The second-order valence-electron chi connectivity index (χ2n) is 5.47. The highest BCUT2D eigenvalue weighted by molar-refractivity contribution is 5.88. The lowest BCUT2D eigenvalue weighted by Gasteiger charge is -2.17. The van der Waals surface area contributed by atoms with Crippen LogP contribution >= 0.6 is 0 Å². The van der Waals surface area contributed by atoms with Gasteiger partial charge in [-0.05, 0) is 61.7 Å². The maximum atomic E-state index is 11.1. The van der Waals surface area contributed by atoms with Gasteiger partial charge >= 0.3 is 0 Å². The number of nitrogens with one attached hydrogen (secondary N) is 2. The van der Waals surface area contributed by atoms with E-state index in [1.54, 1.807) is 0 Å². The van der Waals surface area contributed by atoms with Gasteiger partial charge in [0.2, 0.25) is 5.91 Å². The van der Waals surface area contributed by atoms with Crippen LogP contribution in [0.25, 0.3) is 0 Å². The van der Waals surface area contributed by atoms with Gasteiger partial charge in [-0.2, -0.15) is 0 Å². The van der Waals surface area contributed by atoms with Crippen molar-refractivity contribution in [2.24, 2.45) is 0 Å². The molecule has 0 bridgehead atoms. The molecule has 0 spiro atoms. The van der Waals surface area contributed by atoms with Gasteiger partial charge in [0.1, 0.15) is 0 Å². The third-order valence-corrected chi connectivity index (χ3v) is 3.60. The molecule has 110 valence electrons. The van der Waals surface area contributed by atoms with Gasteiger partial charge in [-0.15, -0.1) is 0 Å². The van der Waals surface area contributed by atoms with Crippen molar-refractivity contribution in [2.75, 3.05) is 10.6 Å². The average Bonchev–Trinajstić information content (AvgIpc) is 2.42. The van der Waals surface area contributed by atoms with Crippen LogP contribution in [0.4, 0.5) is 11.4 Å².